The highest BCUT2D eigenvalue weighted by molar-refractivity contribution is 6.04. The Kier molecular flexibility index (Phi) is 4.47. The summed E-state index contributed by atoms with van der Waals surface area (Å²) in [7, 11) is 0. The molecule has 0 aromatic heterocycles. The summed E-state index contributed by atoms with van der Waals surface area (Å²) in [5.74, 6) is -0.398. The average Bonchev–Trinajstić information content (AvgIpc) is 2.32. The van der Waals surface area contributed by atoms with E-state index >= 15 is 0 Å². The van der Waals surface area contributed by atoms with E-state index in [-0.39, 0.29) is 13.0 Å². The molecule has 0 aromatic rings. The Hall–Kier alpha value is -2.56. The Labute approximate surface area is 109 Å². The molecule has 0 aromatic carbocycles. The number of carboxylic acid groups (broad SMARTS) is 1. The van der Waals surface area contributed by atoms with Gasteiger partial charge >= 0.3 is 12.0 Å². The van der Waals surface area contributed by atoms with Gasteiger partial charge in [0.25, 0.3) is 0 Å². The average molecular weight is 267 g/mol. The van der Waals surface area contributed by atoms with Crippen LogP contribution in [0.15, 0.2) is 0 Å². The standard InChI is InChI=1S/C11H13N3O5/c1-3-4-7(10(17)18)12-11(19)14-5-8(15)13-9(16)6(14)2/h1,6-7H,4-5H2,2H3,(H,12,19)(H,17,18)(H,13,15,16). The summed E-state index contributed by atoms with van der Waals surface area (Å²) in [6.45, 7) is 1.11. The van der Waals surface area contributed by atoms with E-state index in [2.05, 4.69) is 16.6 Å². The second kappa shape index (κ2) is 5.86. The van der Waals surface area contributed by atoms with Crippen molar-refractivity contribution in [3.8, 4) is 12.3 Å². The number of hydrogen-bond acceptors (Lipinski definition) is 4. The minimum Gasteiger partial charge on any atom is -0.480 e. The lowest BCUT2D eigenvalue weighted by atomic mass is 10.2. The van der Waals surface area contributed by atoms with Crippen LogP contribution in [0, 0.1) is 12.3 Å². The van der Waals surface area contributed by atoms with Crippen LogP contribution < -0.4 is 10.6 Å². The summed E-state index contributed by atoms with van der Waals surface area (Å²) in [4.78, 5) is 46.2. The number of carbonyl (C=O) groups is 4. The maximum absolute atomic E-state index is 11.8. The molecule has 0 aliphatic carbocycles. The van der Waals surface area contributed by atoms with Gasteiger partial charge in [0.2, 0.25) is 11.8 Å². The normalized spacial score (nSPS) is 20.2. The van der Waals surface area contributed by atoms with Gasteiger partial charge in [-0.25, -0.2) is 9.59 Å². The van der Waals surface area contributed by atoms with E-state index in [0.717, 1.165) is 4.90 Å². The Bertz CT molecular complexity index is 467. The molecular weight excluding hydrogens is 254 g/mol. The lowest BCUT2D eigenvalue weighted by molar-refractivity contribution is -0.139. The van der Waals surface area contributed by atoms with Gasteiger partial charge in [0.1, 0.15) is 18.6 Å². The van der Waals surface area contributed by atoms with Gasteiger partial charge in [-0.1, -0.05) is 0 Å². The largest absolute Gasteiger partial charge is 0.480 e. The van der Waals surface area contributed by atoms with Gasteiger partial charge < -0.3 is 15.3 Å². The van der Waals surface area contributed by atoms with Crippen molar-refractivity contribution < 1.29 is 24.3 Å². The molecule has 102 valence electrons. The summed E-state index contributed by atoms with van der Waals surface area (Å²) in [5, 5.41) is 13.1. The fourth-order valence-corrected chi connectivity index (χ4v) is 1.51. The first-order valence-corrected chi connectivity index (χ1v) is 5.44. The first-order chi connectivity index (χ1) is 8.86. The number of terminal acetylenes is 1. The van der Waals surface area contributed by atoms with Crippen molar-refractivity contribution in [2.24, 2.45) is 0 Å². The lowest BCUT2D eigenvalue weighted by Gasteiger charge is -2.32. The first kappa shape index (κ1) is 14.5. The number of aliphatic carboxylic acids is 1. The molecule has 1 aliphatic rings. The van der Waals surface area contributed by atoms with Crippen molar-refractivity contribution >= 4 is 23.8 Å². The van der Waals surface area contributed by atoms with Crippen molar-refractivity contribution in [1.82, 2.24) is 15.5 Å². The predicted octanol–water partition coefficient (Wildman–Crippen LogP) is -1.48. The second-order valence-corrected chi connectivity index (χ2v) is 3.96. The number of nitrogens with zero attached hydrogens (tertiary/aromatic N) is 1. The smallest absolute Gasteiger partial charge is 0.327 e. The molecule has 2 atom stereocenters. The third-order valence-electron chi connectivity index (χ3n) is 2.60. The number of amides is 4. The number of carbonyl (C=O) groups excluding carboxylic acids is 3. The zero-order valence-electron chi connectivity index (χ0n) is 10.2. The number of urea groups is 1. The molecule has 3 N–H and O–H groups in total. The van der Waals surface area contributed by atoms with Crippen LogP contribution >= 0.6 is 0 Å². The third kappa shape index (κ3) is 3.45. The van der Waals surface area contributed by atoms with E-state index in [0.29, 0.717) is 0 Å². The number of nitrogens with one attached hydrogen (secondary N) is 2. The minimum atomic E-state index is -1.29. The molecule has 0 saturated carbocycles. The predicted molar refractivity (Wildman–Crippen MR) is 62.7 cm³/mol. The van der Waals surface area contributed by atoms with Gasteiger partial charge in [0.05, 0.1) is 0 Å². The molecular formula is C11H13N3O5. The maximum atomic E-state index is 11.8. The second-order valence-electron chi connectivity index (χ2n) is 3.96. The lowest BCUT2D eigenvalue weighted by Crippen LogP contribution is -2.61. The highest BCUT2D eigenvalue weighted by atomic mass is 16.4. The van der Waals surface area contributed by atoms with E-state index in [1.165, 1.54) is 6.92 Å². The summed E-state index contributed by atoms with van der Waals surface area (Å²) >= 11 is 0. The van der Waals surface area contributed by atoms with Crippen LogP contribution in [0.4, 0.5) is 4.79 Å². The van der Waals surface area contributed by atoms with Gasteiger partial charge in [-0.15, -0.1) is 12.3 Å². The molecule has 8 heteroatoms. The van der Waals surface area contributed by atoms with Crippen LogP contribution in [0.1, 0.15) is 13.3 Å². The van der Waals surface area contributed by atoms with Crippen LogP contribution in [0.3, 0.4) is 0 Å². The van der Waals surface area contributed by atoms with Gasteiger partial charge in [-0.05, 0) is 6.92 Å². The molecule has 1 aliphatic heterocycles. The molecule has 1 saturated heterocycles. The van der Waals surface area contributed by atoms with Crippen molar-refractivity contribution in [2.45, 2.75) is 25.4 Å². The van der Waals surface area contributed by atoms with Crippen molar-refractivity contribution in [3.63, 3.8) is 0 Å². The molecule has 19 heavy (non-hydrogen) atoms. The van der Waals surface area contributed by atoms with Gasteiger partial charge in [0, 0.05) is 6.42 Å². The van der Waals surface area contributed by atoms with Crippen LogP contribution in [0.2, 0.25) is 0 Å². The van der Waals surface area contributed by atoms with E-state index in [4.69, 9.17) is 11.5 Å². The monoisotopic (exact) mass is 267 g/mol. The van der Waals surface area contributed by atoms with Gasteiger partial charge in [-0.3, -0.25) is 14.9 Å². The molecule has 0 bridgehead atoms. The van der Waals surface area contributed by atoms with E-state index in [1.807, 2.05) is 0 Å². The van der Waals surface area contributed by atoms with Crippen LogP contribution in [-0.4, -0.2) is 52.4 Å². The third-order valence-corrected chi connectivity index (χ3v) is 2.60. The van der Waals surface area contributed by atoms with E-state index < -0.39 is 35.9 Å². The Morgan fingerprint density at radius 3 is 2.79 bits per heavy atom. The molecule has 2 unspecified atom stereocenters. The fourth-order valence-electron chi connectivity index (χ4n) is 1.51. The quantitative estimate of drug-likeness (QED) is 0.426. The number of carboxylic acids is 1. The van der Waals surface area contributed by atoms with Crippen LogP contribution in [0.25, 0.3) is 0 Å². The van der Waals surface area contributed by atoms with Crippen LogP contribution in [-0.2, 0) is 14.4 Å². The molecule has 1 fully saturated rings. The Morgan fingerprint density at radius 1 is 1.63 bits per heavy atom. The highest BCUT2D eigenvalue weighted by Gasteiger charge is 2.34. The van der Waals surface area contributed by atoms with Gasteiger partial charge in [-0.2, -0.15) is 0 Å². The number of hydrogen-bond donors (Lipinski definition) is 3. The molecule has 1 heterocycles. The van der Waals surface area contributed by atoms with Crippen LogP contribution in [0.5, 0.6) is 0 Å². The van der Waals surface area contributed by atoms with Crippen molar-refractivity contribution in [3.05, 3.63) is 0 Å². The molecule has 1 rings (SSSR count). The zero-order valence-corrected chi connectivity index (χ0v) is 10.2. The molecule has 0 spiro atoms. The Balaban J connectivity index is 2.76. The highest BCUT2D eigenvalue weighted by Crippen LogP contribution is 2.06. The first-order valence-electron chi connectivity index (χ1n) is 5.44. The maximum Gasteiger partial charge on any atom is 0.327 e. The SMILES string of the molecule is C#CCC(NC(=O)N1CC(=O)NC(=O)C1C)C(=O)O. The summed E-state index contributed by atoms with van der Waals surface area (Å²) in [5.41, 5.74) is 0. The zero-order chi connectivity index (χ0) is 14.6. The van der Waals surface area contributed by atoms with Crippen molar-refractivity contribution in [1.29, 1.82) is 0 Å². The molecule has 8 nitrogen and oxygen atoms in total. The topological polar surface area (TPSA) is 116 Å². The fraction of sp³-hybridized carbons (Fsp3) is 0.455. The minimum absolute atomic E-state index is 0.191. The van der Waals surface area contributed by atoms with Crippen molar-refractivity contribution in [2.75, 3.05) is 6.54 Å². The summed E-state index contributed by atoms with van der Waals surface area (Å²) < 4.78 is 0. The Morgan fingerprint density at radius 2 is 2.26 bits per heavy atom. The summed E-state index contributed by atoms with van der Waals surface area (Å²) in [6.07, 6.45) is 4.81. The number of imide groups is 1. The van der Waals surface area contributed by atoms with E-state index in [1.54, 1.807) is 0 Å². The molecule has 0 radical (unpaired) electrons. The summed E-state index contributed by atoms with van der Waals surface area (Å²) in [6, 6.07) is -2.94. The number of rotatable bonds is 3. The number of piperazine rings is 1. The van der Waals surface area contributed by atoms with E-state index in [9.17, 15) is 19.2 Å². The molecule has 4 amide bonds. The van der Waals surface area contributed by atoms with Gasteiger partial charge in [0.15, 0.2) is 0 Å².